The molecule has 0 saturated carbocycles. The molecule has 1 aliphatic rings. The maximum absolute atomic E-state index is 12.7. The van der Waals surface area contributed by atoms with Crippen LogP contribution in [0, 0.1) is 0 Å². The van der Waals surface area contributed by atoms with Gasteiger partial charge in [0.1, 0.15) is 5.56 Å². The van der Waals surface area contributed by atoms with Crippen molar-refractivity contribution < 1.29 is 13.9 Å². The Morgan fingerprint density at radius 3 is 2.65 bits per heavy atom. The number of carbonyl (C=O) groups is 1. The first-order valence-corrected chi connectivity index (χ1v) is 8.19. The first-order chi connectivity index (χ1) is 11.2. The summed E-state index contributed by atoms with van der Waals surface area (Å²) in [4.78, 5) is 26.7. The van der Waals surface area contributed by atoms with Crippen LogP contribution in [-0.4, -0.2) is 30.5 Å². The number of nitrogens with zero attached hydrogens (tertiary/aromatic N) is 1. The van der Waals surface area contributed by atoms with Crippen molar-refractivity contribution in [2.75, 3.05) is 19.7 Å². The molecule has 2 heterocycles. The molecule has 1 aromatic heterocycles. The summed E-state index contributed by atoms with van der Waals surface area (Å²) >= 11 is 0. The van der Waals surface area contributed by atoms with Gasteiger partial charge in [0.25, 0.3) is 5.91 Å². The third kappa shape index (κ3) is 3.23. The quantitative estimate of drug-likeness (QED) is 0.816. The molecule has 2 aromatic rings. The molecule has 0 unspecified atom stereocenters. The first-order valence-electron chi connectivity index (χ1n) is 8.19. The number of rotatable bonds is 3. The Balaban J connectivity index is 1.99. The largest absolute Gasteiger partial charge is 0.490 e. The van der Waals surface area contributed by atoms with Gasteiger partial charge in [0.15, 0.2) is 11.3 Å². The van der Waals surface area contributed by atoms with Crippen LogP contribution >= 0.6 is 0 Å². The molecule has 5 heteroatoms. The van der Waals surface area contributed by atoms with Crippen LogP contribution in [0.5, 0.6) is 5.75 Å². The highest BCUT2D eigenvalue weighted by Gasteiger charge is 2.22. The fourth-order valence-corrected chi connectivity index (χ4v) is 2.98. The molecule has 1 aromatic carbocycles. The average Bonchev–Trinajstić information content (AvgIpc) is 2.84. The van der Waals surface area contributed by atoms with Crippen LogP contribution in [0.3, 0.4) is 0 Å². The van der Waals surface area contributed by atoms with Crippen molar-refractivity contribution in [1.29, 1.82) is 0 Å². The first kappa shape index (κ1) is 15.6. The summed E-state index contributed by atoms with van der Waals surface area (Å²) in [7, 11) is 0. The van der Waals surface area contributed by atoms with E-state index in [0.29, 0.717) is 36.4 Å². The van der Waals surface area contributed by atoms with Crippen LogP contribution < -0.4 is 10.4 Å². The molecule has 1 amide bonds. The summed E-state index contributed by atoms with van der Waals surface area (Å²) < 4.78 is 10.9. The van der Waals surface area contributed by atoms with E-state index in [0.717, 1.165) is 25.7 Å². The molecule has 122 valence electrons. The number of benzene rings is 1. The molecule has 0 aliphatic carbocycles. The fraction of sp³-hybridized carbons (Fsp3) is 0.444. The van der Waals surface area contributed by atoms with Gasteiger partial charge in [-0.15, -0.1) is 0 Å². The summed E-state index contributed by atoms with van der Waals surface area (Å²) in [6, 6.07) is 7.02. The second-order valence-electron chi connectivity index (χ2n) is 5.76. The van der Waals surface area contributed by atoms with E-state index in [2.05, 4.69) is 0 Å². The lowest BCUT2D eigenvalue weighted by atomic mass is 10.1. The maximum Gasteiger partial charge on any atom is 0.349 e. The van der Waals surface area contributed by atoms with E-state index in [1.807, 2.05) is 19.1 Å². The Bertz CT molecular complexity index is 757. The highest BCUT2D eigenvalue weighted by Crippen LogP contribution is 2.25. The summed E-state index contributed by atoms with van der Waals surface area (Å²) in [6.07, 6.45) is 4.24. The summed E-state index contributed by atoms with van der Waals surface area (Å²) in [6.45, 7) is 3.76. The van der Waals surface area contributed by atoms with E-state index in [4.69, 9.17) is 9.15 Å². The van der Waals surface area contributed by atoms with E-state index in [1.165, 1.54) is 0 Å². The Kier molecular flexibility index (Phi) is 4.65. The molecule has 3 rings (SSSR count). The summed E-state index contributed by atoms with van der Waals surface area (Å²) in [5.41, 5.74) is -0.0984. The molecule has 1 saturated heterocycles. The SMILES string of the molecule is CCOc1cccc2cc(C(=O)N3CCCCCC3)c(=O)oc12. The fourth-order valence-electron chi connectivity index (χ4n) is 2.98. The number of amides is 1. The second-order valence-corrected chi connectivity index (χ2v) is 5.76. The number of likely N-dealkylation sites (tertiary alicyclic amines) is 1. The molecular formula is C18H21NO4. The molecule has 0 bridgehead atoms. The van der Waals surface area contributed by atoms with Crippen molar-refractivity contribution in [3.05, 3.63) is 40.2 Å². The van der Waals surface area contributed by atoms with E-state index >= 15 is 0 Å². The van der Waals surface area contributed by atoms with Crippen molar-refractivity contribution in [1.82, 2.24) is 4.90 Å². The van der Waals surface area contributed by atoms with Crippen LogP contribution in [-0.2, 0) is 0 Å². The van der Waals surface area contributed by atoms with Crippen molar-refractivity contribution in [2.45, 2.75) is 32.6 Å². The average molecular weight is 315 g/mol. The Morgan fingerprint density at radius 1 is 1.22 bits per heavy atom. The zero-order valence-electron chi connectivity index (χ0n) is 13.3. The van der Waals surface area contributed by atoms with E-state index < -0.39 is 5.63 Å². The van der Waals surface area contributed by atoms with E-state index in [9.17, 15) is 9.59 Å². The summed E-state index contributed by atoms with van der Waals surface area (Å²) in [5.74, 6) is 0.292. The van der Waals surface area contributed by atoms with Gasteiger partial charge in [0.05, 0.1) is 6.61 Å². The predicted octanol–water partition coefficient (Wildman–Crippen LogP) is 3.21. The Hall–Kier alpha value is -2.30. The number of hydrogen-bond acceptors (Lipinski definition) is 4. The summed E-state index contributed by atoms with van der Waals surface area (Å²) in [5, 5.41) is 0.703. The number of hydrogen-bond donors (Lipinski definition) is 0. The maximum atomic E-state index is 12.7. The molecule has 5 nitrogen and oxygen atoms in total. The Morgan fingerprint density at radius 2 is 1.96 bits per heavy atom. The lowest BCUT2D eigenvalue weighted by Crippen LogP contribution is -2.34. The molecule has 0 spiro atoms. The predicted molar refractivity (Wildman–Crippen MR) is 88.0 cm³/mol. The van der Waals surface area contributed by atoms with E-state index in [1.54, 1.807) is 17.0 Å². The van der Waals surface area contributed by atoms with E-state index in [-0.39, 0.29) is 11.5 Å². The van der Waals surface area contributed by atoms with Gasteiger partial charge < -0.3 is 14.1 Å². The van der Waals surface area contributed by atoms with Crippen LogP contribution in [0.2, 0.25) is 0 Å². The van der Waals surface area contributed by atoms with Gasteiger partial charge in [0, 0.05) is 18.5 Å². The highest BCUT2D eigenvalue weighted by atomic mass is 16.5. The standard InChI is InChI=1S/C18H21NO4/c1-2-22-15-9-7-8-13-12-14(18(21)23-16(13)15)17(20)19-10-5-3-4-6-11-19/h7-9,12H,2-6,10-11H2,1H3. The molecule has 0 N–H and O–H groups in total. The lowest BCUT2D eigenvalue weighted by molar-refractivity contribution is 0.0757. The zero-order valence-corrected chi connectivity index (χ0v) is 13.3. The van der Waals surface area contributed by atoms with Gasteiger partial charge in [-0.2, -0.15) is 0 Å². The van der Waals surface area contributed by atoms with Crippen LogP contribution in [0.25, 0.3) is 11.0 Å². The van der Waals surface area contributed by atoms with Crippen LogP contribution in [0.15, 0.2) is 33.5 Å². The van der Waals surface area contributed by atoms with Gasteiger partial charge >= 0.3 is 5.63 Å². The van der Waals surface area contributed by atoms with Gasteiger partial charge in [-0.25, -0.2) is 4.79 Å². The van der Waals surface area contributed by atoms with Crippen molar-refractivity contribution in [2.24, 2.45) is 0 Å². The topological polar surface area (TPSA) is 59.8 Å². The Labute approximate surface area is 134 Å². The van der Waals surface area contributed by atoms with Crippen molar-refractivity contribution >= 4 is 16.9 Å². The molecular weight excluding hydrogens is 294 g/mol. The van der Waals surface area contributed by atoms with Crippen molar-refractivity contribution in [3.8, 4) is 5.75 Å². The number of ether oxygens (including phenoxy) is 1. The molecule has 1 fully saturated rings. The number of carbonyl (C=O) groups excluding carboxylic acids is 1. The van der Waals surface area contributed by atoms with Crippen LogP contribution in [0.1, 0.15) is 43.0 Å². The minimum absolute atomic E-state index is 0.105. The van der Waals surface area contributed by atoms with Gasteiger partial charge in [-0.3, -0.25) is 4.79 Å². The van der Waals surface area contributed by atoms with Crippen molar-refractivity contribution in [3.63, 3.8) is 0 Å². The second kappa shape index (κ2) is 6.86. The number of fused-ring (bicyclic) bond motifs is 1. The molecule has 0 atom stereocenters. The highest BCUT2D eigenvalue weighted by molar-refractivity contribution is 5.97. The van der Waals surface area contributed by atoms with Gasteiger partial charge in [-0.05, 0) is 31.9 Å². The molecule has 23 heavy (non-hydrogen) atoms. The molecule has 1 aliphatic heterocycles. The normalized spacial score (nSPS) is 15.4. The third-order valence-corrected chi connectivity index (χ3v) is 4.15. The van der Waals surface area contributed by atoms with Gasteiger partial charge in [0.2, 0.25) is 0 Å². The number of para-hydroxylation sites is 1. The molecule has 0 radical (unpaired) electrons. The zero-order chi connectivity index (χ0) is 16.2. The minimum atomic E-state index is -0.598. The van der Waals surface area contributed by atoms with Crippen LogP contribution in [0.4, 0.5) is 0 Å². The monoisotopic (exact) mass is 315 g/mol. The van der Waals surface area contributed by atoms with Gasteiger partial charge in [-0.1, -0.05) is 25.0 Å². The smallest absolute Gasteiger partial charge is 0.349 e. The lowest BCUT2D eigenvalue weighted by Gasteiger charge is -2.19. The minimum Gasteiger partial charge on any atom is -0.490 e. The third-order valence-electron chi connectivity index (χ3n) is 4.15.